The van der Waals surface area contributed by atoms with Gasteiger partial charge >= 0.3 is 0 Å². The molecule has 6 nitrogen and oxygen atoms in total. The summed E-state index contributed by atoms with van der Waals surface area (Å²) in [6.07, 6.45) is 4.35. The summed E-state index contributed by atoms with van der Waals surface area (Å²) in [5.74, 6) is -0.182. The van der Waals surface area contributed by atoms with Crippen LogP contribution in [0.3, 0.4) is 0 Å². The van der Waals surface area contributed by atoms with Gasteiger partial charge in [-0.25, -0.2) is 0 Å². The van der Waals surface area contributed by atoms with Crippen LogP contribution in [-0.2, 0) is 4.79 Å². The fourth-order valence-corrected chi connectivity index (χ4v) is 5.30. The number of amidine groups is 1. The van der Waals surface area contributed by atoms with Crippen molar-refractivity contribution in [1.29, 1.82) is 0 Å². The minimum absolute atomic E-state index is 0.108. The van der Waals surface area contributed by atoms with Crippen LogP contribution in [0.5, 0.6) is 0 Å². The smallest absolute Gasteiger partial charge is 0.264 e. The molecular formula is C32H25N5OS. The summed E-state index contributed by atoms with van der Waals surface area (Å²) in [7, 11) is 0. The molecule has 0 aliphatic carbocycles. The minimum Gasteiger partial charge on any atom is -0.299 e. The molecule has 0 spiro atoms. The van der Waals surface area contributed by atoms with Crippen molar-refractivity contribution >= 4 is 46.5 Å². The van der Waals surface area contributed by atoms with Crippen LogP contribution in [0.25, 0.3) is 6.08 Å². The van der Waals surface area contributed by atoms with Crippen LogP contribution in [-0.4, -0.2) is 23.0 Å². The normalized spacial score (nSPS) is 19.2. The molecular weight excluding hydrogens is 502 g/mol. The third-order valence-corrected chi connectivity index (χ3v) is 7.36. The molecule has 190 valence electrons. The standard InChI is InChI=1S/C32H25N5OS/c38-31-30(39-32(34-31)35-33-22-24-10-4-1-5-11-24)20-23-16-18-27(19-17-23)37-29(26-14-8-3-9-15-26)21-28(36-37)25-12-6-2-7-13-25/h1-20,22,29H,21H2,(H,34,35,38)/b30-20+,33-22+. The molecule has 0 aromatic heterocycles. The highest BCUT2D eigenvalue weighted by Gasteiger charge is 2.30. The zero-order valence-corrected chi connectivity index (χ0v) is 21.8. The fraction of sp³-hybridized carbons (Fsp3) is 0.0625. The van der Waals surface area contributed by atoms with Crippen molar-refractivity contribution in [3.05, 3.63) is 142 Å². The Balaban J connectivity index is 1.21. The maximum absolute atomic E-state index is 12.5. The lowest BCUT2D eigenvalue weighted by atomic mass is 9.98. The van der Waals surface area contributed by atoms with E-state index in [4.69, 9.17) is 5.10 Å². The summed E-state index contributed by atoms with van der Waals surface area (Å²) < 4.78 is 0. The van der Waals surface area contributed by atoms with Gasteiger partial charge in [-0.05, 0) is 52.2 Å². The summed E-state index contributed by atoms with van der Waals surface area (Å²) >= 11 is 1.28. The largest absolute Gasteiger partial charge is 0.299 e. The van der Waals surface area contributed by atoms with Crippen molar-refractivity contribution in [1.82, 2.24) is 5.32 Å². The predicted octanol–water partition coefficient (Wildman–Crippen LogP) is 6.64. The van der Waals surface area contributed by atoms with E-state index in [1.54, 1.807) is 6.21 Å². The van der Waals surface area contributed by atoms with Gasteiger partial charge in [-0.1, -0.05) is 103 Å². The Morgan fingerprint density at radius 2 is 1.49 bits per heavy atom. The topological polar surface area (TPSA) is 69.4 Å². The Kier molecular flexibility index (Phi) is 7.14. The molecule has 7 heteroatoms. The van der Waals surface area contributed by atoms with Crippen LogP contribution in [0.1, 0.15) is 34.7 Å². The van der Waals surface area contributed by atoms with E-state index in [9.17, 15) is 4.79 Å². The molecule has 1 saturated heterocycles. The van der Waals surface area contributed by atoms with Gasteiger partial charge in [0.25, 0.3) is 5.91 Å². The minimum atomic E-state index is -0.182. The second-order valence-electron chi connectivity index (χ2n) is 9.10. The van der Waals surface area contributed by atoms with Crippen molar-refractivity contribution in [3.63, 3.8) is 0 Å². The number of nitrogens with one attached hydrogen (secondary N) is 1. The molecule has 2 aliphatic heterocycles. The Bertz CT molecular complexity index is 1580. The number of rotatable bonds is 6. The zero-order chi connectivity index (χ0) is 26.4. The molecule has 6 rings (SSSR count). The molecule has 4 aromatic rings. The molecule has 2 aliphatic rings. The van der Waals surface area contributed by atoms with Gasteiger partial charge in [0.15, 0.2) is 5.17 Å². The predicted molar refractivity (Wildman–Crippen MR) is 161 cm³/mol. The van der Waals surface area contributed by atoms with Gasteiger partial charge in [0.1, 0.15) is 0 Å². The summed E-state index contributed by atoms with van der Waals surface area (Å²) in [5, 5.41) is 18.6. The number of benzene rings is 4. The monoisotopic (exact) mass is 527 g/mol. The molecule has 1 atom stereocenters. The lowest BCUT2D eigenvalue weighted by Gasteiger charge is -2.24. The molecule has 39 heavy (non-hydrogen) atoms. The number of amides is 1. The van der Waals surface area contributed by atoms with E-state index >= 15 is 0 Å². The van der Waals surface area contributed by atoms with Crippen molar-refractivity contribution in [2.24, 2.45) is 15.3 Å². The van der Waals surface area contributed by atoms with Gasteiger partial charge in [-0.3, -0.25) is 15.1 Å². The SMILES string of the molecule is O=C1N/C(=N\N=C\c2ccccc2)S/C1=C/c1ccc(N2N=C(c3ccccc3)CC2c2ccccc2)cc1. The number of hydrazone groups is 1. The first-order chi connectivity index (χ1) is 19.2. The van der Waals surface area contributed by atoms with Crippen LogP contribution in [0.4, 0.5) is 5.69 Å². The van der Waals surface area contributed by atoms with Crippen molar-refractivity contribution in [3.8, 4) is 0 Å². The third-order valence-electron chi connectivity index (χ3n) is 6.46. The van der Waals surface area contributed by atoms with Crippen LogP contribution in [0, 0.1) is 0 Å². The van der Waals surface area contributed by atoms with E-state index in [1.165, 1.54) is 17.3 Å². The number of nitrogens with zero attached hydrogens (tertiary/aromatic N) is 4. The lowest BCUT2D eigenvalue weighted by Crippen LogP contribution is -2.19. The number of carbonyl (C=O) groups excluding carboxylic acids is 1. The lowest BCUT2D eigenvalue weighted by molar-refractivity contribution is -0.115. The fourth-order valence-electron chi connectivity index (χ4n) is 4.53. The Hall–Kier alpha value is -4.75. The van der Waals surface area contributed by atoms with E-state index in [0.29, 0.717) is 10.1 Å². The zero-order valence-electron chi connectivity index (χ0n) is 21.0. The maximum Gasteiger partial charge on any atom is 0.264 e. The van der Waals surface area contributed by atoms with Crippen LogP contribution in [0.15, 0.2) is 135 Å². The summed E-state index contributed by atoms with van der Waals surface area (Å²) in [5.41, 5.74) is 6.29. The molecule has 1 N–H and O–H groups in total. The van der Waals surface area contributed by atoms with Gasteiger partial charge < -0.3 is 0 Å². The average molecular weight is 528 g/mol. The Morgan fingerprint density at radius 3 is 2.21 bits per heavy atom. The number of hydrogen-bond donors (Lipinski definition) is 1. The maximum atomic E-state index is 12.5. The molecule has 2 heterocycles. The molecule has 0 bridgehead atoms. The molecule has 1 unspecified atom stereocenters. The first kappa shape index (κ1) is 24.6. The van der Waals surface area contributed by atoms with E-state index < -0.39 is 0 Å². The van der Waals surface area contributed by atoms with Crippen LogP contribution in [0.2, 0.25) is 0 Å². The summed E-state index contributed by atoms with van der Waals surface area (Å²) in [6, 6.07) is 38.7. The average Bonchev–Trinajstić information content (AvgIpc) is 3.59. The highest BCUT2D eigenvalue weighted by atomic mass is 32.2. The van der Waals surface area contributed by atoms with Gasteiger partial charge in [-0.2, -0.15) is 10.2 Å². The van der Waals surface area contributed by atoms with E-state index in [0.717, 1.165) is 34.5 Å². The van der Waals surface area contributed by atoms with Crippen molar-refractivity contribution in [2.45, 2.75) is 12.5 Å². The van der Waals surface area contributed by atoms with E-state index in [-0.39, 0.29) is 11.9 Å². The van der Waals surface area contributed by atoms with Gasteiger partial charge in [0.2, 0.25) is 0 Å². The number of carbonyl (C=O) groups is 1. The second-order valence-corrected chi connectivity index (χ2v) is 10.1. The van der Waals surface area contributed by atoms with Gasteiger partial charge in [-0.15, -0.1) is 5.10 Å². The molecule has 0 radical (unpaired) electrons. The number of anilines is 1. The molecule has 4 aromatic carbocycles. The first-order valence-corrected chi connectivity index (χ1v) is 13.5. The molecule has 1 amide bonds. The highest BCUT2D eigenvalue weighted by Crippen LogP contribution is 2.37. The highest BCUT2D eigenvalue weighted by molar-refractivity contribution is 8.18. The Morgan fingerprint density at radius 1 is 0.821 bits per heavy atom. The van der Waals surface area contributed by atoms with Crippen molar-refractivity contribution in [2.75, 3.05) is 5.01 Å². The second kappa shape index (κ2) is 11.3. The van der Waals surface area contributed by atoms with E-state index in [1.807, 2.05) is 72.8 Å². The summed E-state index contributed by atoms with van der Waals surface area (Å²) in [6.45, 7) is 0. The van der Waals surface area contributed by atoms with E-state index in [2.05, 4.69) is 69.1 Å². The van der Waals surface area contributed by atoms with Crippen LogP contribution < -0.4 is 10.3 Å². The number of thioether (sulfide) groups is 1. The first-order valence-electron chi connectivity index (χ1n) is 12.7. The van der Waals surface area contributed by atoms with Gasteiger partial charge in [0.05, 0.1) is 28.6 Å². The summed E-state index contributed by atoms with van der Waals surface area (Å²) in [4.78, 5) is 13.1. The molecule has 1 fully saturated rings. The third kappa shape index (κ3) is 5.73. The van der Waals surface area contributed by atoms with Crippen molar-refractivity contribution < 1.29 is 4.79 Å². The van der Waals surface area contributed by atoms with Crippen LogP contribution >= 0.6 is 11.8 Å². The van der Waals surface area contributed by atoms with Gasteiger partial charge in [0, 0.05) is 6.42 Å². The quantitative estimate of drug-likeness (QED) is 0.174. The molecule has 0 saturated carbocycles. The Labute approximate surface area is 231 Å². The number of hydrogen-bond acceptors (Lipinski definition) is 6.